The second-order valence-electron chi connectivity index (χ2n) is 5.01. The van der Waals surface area contributed by atoms with Crippen molar-refractivity contribution in [3.63, 3.8) is 0 Å². The lowest BCUT2D eigenvalue weighted by molar-refractivity contribution is 0.212. The zero-order valence-corrected chi connectivity index (χ0v) is 13.3. The molecule has 2 aromatic carbocycles. The van der Waals surface area contributed by atoms with E-state index in [2.05, 4.69) is 17.0 Å². The molecule has 2 nitrogen and oxygen atoms in total. The first kappa shape index (κ1) is 16.3. The molecule has 0 aliphatic heterocycles. The van der Waals surface area contributed by atoms with Gasteiger partial charge in [-0.25, -0.2) is 0 Å². The van der Waals surface area contributed by atoms with Crippen molar-refractivity contribution in [1.29, 1.82) is 0 Å². The van der Waals surface area contributed by atoms with Crippen molar-refractivity contribution >= 4 is 23.2 Å². The van der Waals surface area contributed by atoms with Gasteiger partial charge in [0.25, 0.3) is 0 Å². The molecule has 4 heteroatoms. The third-order valence-corrected chi connectivity index (χ3v) is 3.88. The molecule has 2 rings (SSSR count). The minimum absolute atomic E-state index is 0.194. The predicted molar refractivity (Wildman–Crippen MR) is 88.7 cm³/mol. The van der Waals surface area contributed by atoms with Crippen LogP contribution in [0.1, 0.15) is 17.5 Å². The van der Waals surface area contributed by atoms with Crippen molar-refractivity contribution in [1.82, 2.24) is 4.90 Å². The fourth-order valence-corrected chi connectivity index (χ4v) is 2.71. The summed E-state index contributed by atoms with van der Waals surface area (Å²) in [6.45, 7) is 2.59. The molecule has 21 heavy (non-hydrogen) atoms. The van der Waals surface area contributed by atoms with Gasteiger partial charge in [-0.15, -0.1) is 0 Å². The van der Waals surface area contributed by atoms with E-state index in [9.17, 15) is 0 Å². The SMILES string of the molecule is OCCCN(Cc1ccccc1)Cc1ccc(Cl)cc1Cl. The number of aliphatic hydroxyl groups excluding tert-OH is 1. The Morgan fingerprint density at radius 1 is 0.952 bits per heavy atom. The Balaban J connectivity index is 2.08. The van der Waals surface area contributed by atoms with Gasteiger partial charge in [-0.1, -0.05) is 59.6 Å². The third-order valence-electron chi connectivity index (χ3n) is 3.29. The number of halogens is 2. The summed E-state index contributed by atoms with van der Waals surface area (Å²) < 4.78 is 0. The molecule has 0 amide bonds. The van der Waals surface area contributed by atoms with Crippen molar-refractivity contribution in [3.05, 3.63) is 69.7 Å². The first-order valence-electron chi connectivity index (χ1n) is 7.00. The summed E-state index contributed by atoms with van der Waals surface area (Å²) in [7, 11) is 0. The molecule has 0 unspecified atom stereocenters. The number of aliphatic hydroxyl groups is 1. The molecule has 0 atom stereocenters. The van der Waals surface area contributed by atoms with Gasteiger partial charge in [0.15, 0.2) is 0 Å². The Morgan fingerprint density at radius 2 is 1.71 bits per heavy atom. The Kier molecular flexibility index (Phi) is 6.52. The molecule has 0 saturated heterocycles. The largest absolute Gasteiger partial charge is 0.396 e. The molecule has 0 radical (unpaired) electrons. The van der Waals surface area contributed by atoms with Gasteiger partial charge in [0, 0.05) is 36.3 Å². The molecule has 2 aromatic rings. The zero-order chi connectivity index (χ0) is 15.1. The molecule has 0 fully saturated rings. The highest BCUT2D eigenvalue weighted by Gasteiger charge is 2.09. The van der Waals surface area contributed by atoms with E-state index >= 15 is 0 Å². The fourth-order valence-electron chi connectivity index (χ4n) is 2.24. The van der Waals surface area contributed by atoms with E-state index in [0.717, 1.165) is 31.6 Å². The van der Waals surface area contributed by atoms with Crippen LogP contribution in [0.2, 0.25) is 10.0 Å². The van der Waals surface area contributed by atoms with Crippen molar-refractivity contribution < 1.29 is 5.11 Å². The number of hydrogen-bond donors (Lipinski definition) is 1. The molecule has 0 aliphatic rings. The number of hydrogen-bond acceptors (Lipinski definition) is 2. The first-order valence-corrected chi connectivity index (χ1v) is 7.75. The topological polar surface area (TPSA) is 23.5 Å². The quantitative estimate of drug-likeness (QED) is 0.817. The maximum absolute atomic E-state index is 9.07. The highest BCUT2D eigenvalue weighted by atomic mass is 35.5. The van der Waals surface area contributed by atoms with Crippen LogP contribution < -0.4 is 0 Å². The summed E-state index contributed by atoms with van der Waals surface area (Å²) >= 11 is 12.2. The molecular formula is C17H19Cl2NO. The highest BCUT2D eigenvalue weighted by molar-refractivity contribution is 6.35. The van der Waals surface area contributed by atoms with Gasteiger partial charge in [-0.2, -0.15) is 0 Å². The Hall–Kier alpha value is -1.06. The third kappa shape index (κ3) is 5.33. The molecule has 1 N–H and O–H groups in total. The standard InChI is InChI=1S/C17H19Cl2NO/c18-16-8-7-15(17(19)11-16)13-20(9-4-10-21)12-14-5-2-1-3-6-14/h1-3,5-8,11,21H,4,9-10,12-13H2. The van der Waals surface area contributed by atoms with Crippen LogP contribution in [0.15, 0.2) is 48.5 Å². The maximum atomic E-state index is 9.07. The number of nitrogens with zero attached hydrogens (tertiary/aromatic N) is 1. The van der Waals surface area contributed by atoms with Gasteiger partial charge in [-0.05, 0) is 29.7 Å². The van der Waals surface area contributed by atoms with E-state index < -0.39 is 0 Å². The van der Waals surface area contributed by atoms with Crippen LogP contribution >= 0.6 is 23.2 Å². The lowest BCUT2D eigenvalue weighted by atomic mass is 10.1. The van der Waals surface area contributed by atoms with E-state index in [-0.39, 0.29) is 6.61 Å². The van der Waals surface area contributed by atoms with E-state index in [0.29, 0.717) is 10.0 Å². The van der Waals surface area contributed by atoms with Crippen LogP contribution in [0.3, 0.4) is 0 Å². The van der Waals surface area contributed by atoms with Gasteiger partial charge < -0.3 is 5.11 Å². The lowest BCUT2D eigenvalue weighted by Crippen LogP contribution is -2.24. The van der Waals surface area contributed by atoms with Crippen molar-refractivity contribution in [2.24, 2.45) is 0 Å². The Bertz CT molecular complexity index is 560. The Labute approximate surface area is 135 Å². The highest BCUT2D eigenvalue weighted by Crippen LogP contribution is 2.23. The van der Waals surface area contributed by atoms with E-state index in [4.69, 9.17) is 28.3 Å². The minimum atomic E-state index is 0.194. The maximum Gasteiger partial charge on any atom is 0.0465 e. The van der Waals surface area contributed by atoms with Crippen LogP contribution in [0.4, 0.5) is 0 Å². The lowest BCUT2D eigenvalue weighted by Gasteiger charge is -2.23. The molecule has 112 valence electrons. The normalized spacial score (nSPS) is 11.0. The fraction of sp³-hybridized carbons (Fsp3) is 0.294. The van der Waals surface area contributed by atoms with Gasteiger partial charge in [0.2, 0.25) is 0 Å². The van der Waals surface area contributed by atoms with Crippen molar-refractivity contribution in [3.8, 4) is 0 Å². The first-order chi connectivity index (χ1) is 10.2. The van der Waals surface area contributed by atoms with E-state index in [1.165, 1.54) is 5.56 Å². The van der Waals surface area contributed by atoms with Gasteiger partial charge in [-0.3, -0.25) is 4.90 Å². The zero-order valence-electron chi connectivity index (χ0n) is 11.8. The van der Waals surface area contributed by atoms with Crippen molar-refractivity contribution in [2.45, 2.75) is 19.5 Å². The molecule has 0 bridgehead atoms. The molecule has 0 saturated carbocycles. The summed E-state index contributed by atoms with van der Waals surface area (Å²) in [5.74, 6) is 0. The molecular weight excluding hydrogens is 305 g/mol. The van der Waals surface area contributed by atoms with E-state index in [1.54, 1.807) is 6.07 Å². The van der Waals surface area contributed by atoms with Crippen LogP contribution in [-0.4, -0.2) is 23.2 Å². The number of benzene rings is 2. The molecule has 0 heterocycles. The second kappa shape index (κ2) is 8.40. The second-order valence-corrected chi connectivity index (χ2v) is 5.85. The van der Waals surface area contributed by atoms with Crippen LogP contribution in [0.25, 0.3) is 0 Å². The summed E-state index contributed by atoms with van der Waals surface area (Å²) in [6, 6.07) is 15.9. The van der Waals surface area contributed by atoms with Crippen LogP contribution in [0, 0.1) is 0 Å². The summed E-state index contributed by atoms with van der Waals surface area (Å²) in [4.78, 5) is 2.28. The molecule has 0 aliphatic carbocycles. The van der Waals surface area contributed by atoms with Crippen LogP contribution in [0.5, 0.6) is 0 Å². The predicted octanol–water partition coefficient (Wildman–Crippen LogP) is 4.38. The van der Waals surface area contributed by atoms with Crippen LogP contribution in [-0.2, 0) is 13.1 Å². The molecule has 0 spiro atoms. The summed E-state index contributed by atoms with van der Waals surface area (Å²) in [5, 5.41) is 10.4. The number of rotatable bonds is 7. The smallest absolute Gasteiger partial charge is 0.0465 e. The summed E-state index contributed by atoms with van der Waals surface area (Å²) in [6.07, 6.45) is 0.748. The average Bonchev–Trinajstić information content (AvgIpc) is 2.48. The van der Waals surface area contributed by atoms with Gasteiger partial charge in [0.1, 0.15) is 0 Å². The van der Waals surface area contributed by atoms with Gasteiger partial charge >= 0.3 is 0 Å². The van der Waals surface area contributed by atoms with Crippen molar-refractivity contribution in [2.75, 3.05) is 13.2 Å². The molecule has 0 aromatic heterocycles. The summed E-state index contributed by atoms with van der Waals surface area (Å²) in [5.41, 5.74) is 2.30. The monoisotopic (exact) mass is 323 g/mol. The van der Waals surface area contributed by atoms with Gasteiger partial charge in [0.05, 0.1) is 0 Å². The average molecular weight is 324 g/mol. The van der Waals surface area contributed by atoms with E-state index in [1.807, 2.05) is 30.3 Å². The minimum Gasteiger partial charge on any atom is -0.396 e. The Morgan fingerprint density at radius 3 is 2.38 bits per heavy atom.